The highest BCUT2D eigenvalue weighted by atomic mass is 79.9. The van der Waals surface area contributed by atoms with Crippen LogP contribution >= 0.6 is 43.5 Å². The van der Waals surface area contributed by atoms with Gasteiger partial charge in [0.15, 0.2) is 0 Å². The third-order valence-electron chi connectivity index (χ3n) is 2.57. The second kappa shape index (κ2) is 6.56. The summed E-state index contributed by atoms with van der Waals surface area (Å²) in [6.45, 7) is 0. The van der Waals surface area contributed by atoms with Crippen LogP contribution in [0.3, 0.4) is 0 Å². The number of nitrogens with zero attached hydrogens (tertiary/aromatic N) is 1. The summed E-state index contributed by atoms with van der Waals surface area (Å²) in [5, 5.41) is 12.0. The van der Waals surface area contributed by atoms with Crippen LogP contribution in [0.1, 0.15) is 5.56 Å². The third-order valence-corrected chi connectivity index (χ3v) is 4.28. The van der Waals surface area contributed by atoms with E-state index in [0.717, 1.165) is 5.56 Å². The average molecular weight is 421 g/mol. The van der Waals surface area contributed by atoms with Gasteiger partial charge in [0.1, 0.15) is 16.0 Å². The smallest absolute Gasteiger partial charge is 0.287 e. The molecule has 0 spiro atoms. The van der Waals surface area contributed by atoms with E-state index in [1.807, 2.05) is 0 Å². The van der Waals surface area contributed by atoms with Gasteiger partial charge in [0.25, 0.3) is 5.69 Å². The Balaban J connectivity index is 2.43. The molecule has 0 aliphatic rings. The predicted octanol–water partition coefficient (Wildman–Crippen LogP) is 5.70. The van der Waals surface area contributed by atoms with Crippen molar-refractivity contribution in [2.24, 2.45) is 0 Å². The minimum atomic E-state index is -0.472. The van der Waals surface area contributed by atoms with Gasteiger partial charge in [-0.25, -0.2) is 0 Å². The second-order valence-corrected chi connectivity index (χ2v) is 5.56. The van der Waals surface area contributed by atoms with Gasteiger partial charge in [-0.2, -0.15) is 0 Å². The topological polar surface area (TPSA) is 52.4 Å². The molecule has 0 unspecified atom stereocenters. The SMILES string of the molecule is O=[N+]([O-])c1cccc(Oc2cccc(Cl)c2CBr)c1Br. The molecule has 0 atom stereocenters. The first-order chi connectivity index (χ1) is 9.54. The van der Waals surface area contributed by atoms with Gasteiger partial charge in [-0.15, -0.1) is 0 Å². The summed E-state index contributed by atoms with van der Waals surface area (Å²) in [7, 11) is 0. The van der Waals surface area contributed by atoms with E-state index in [1.165, 1.54) is 6.07 Å². The van der Waals surface area contributed by atoms with Gasteiger partial charge < -0.3 is 4.74 Å². The van der Waals surface area contributed by atoms with E-state index in [2.05, 4.69) is 31.9 Å². The molecule has 20 heavy (non-hydrogen) atoms. The Morgan fingerprint density at radius 3 is 2.50 bits per heavy atom. The molecule has 2 rings (SSSR count). The molecule has 0 saturated heterocycles. The number of nitro benzene ring substituents is 1. The van der Waals surface area contributed by atoms with Crippen molar-refractivity contribution in [1.82, 2.24) is 0 Å². The highest BCUT2D eigenvalue weighted by Crippen LogP contribution is 2.38. The summed E-state index contributed by atoms with van der Waals surface area (Å²) in [5.41, 5.74) is 0.734. The highest BCUT2D eigenvalue weighted by Gasteiger charge is 2.17. The first kappa shape index (κ1) is 15.3. The number of ether oxygens (including phenoxy) is 1. The molecule has 0 heterocycles. The molecule has 104 valence electrons. The molecule has 0 aromatic heterocycles. The Hall–Kier alpha value is -1.11. The largest absolute Gasteiger partial charge is 0.456 e. The van der Waals surface area contributed by atoms with Crippen molar-refractivity contribution in [3.05, 3.63) is 61.6 Å². The van der Waals surface area contributed by atoms with E-state index < -0.39 is 4.92 Å². The zero-order chi connectivity index (χ0) is 14.7. The number of nitro groups is 1. The number of halogens is 3. The Morgan fingerprint density at radius 1 is 1.20 bits per heavy atom. The molecule has 0 aliphatic heterocycles. The highest BCUT2D eigenvalue weighted by molar-refractivity contribution is 9.10. The standard InChI is InChI=1S/C13H8Br2ClNO3/c14-7-8-9(16)3-1-5-11(8)20-12-6-2-4-10(13(12)15)17(18)19/h1-6H,7H2. The van der Waals surface area contributed by atoms with Gasteiger partial charge in [-0.05, 0) is 34.1 Å². The Bertz CT molecular complexity index is 664. The van der Waals surface area contributed by atoms with Crippen molar-refractivity contribution < 1.29 is 9.66 Å². The monoisotopic (exact) mass is 419 g/mol. The van der Waals surface area contributed by atoms with Crippen molar-refractivity contribution in [1.29, 1.82) is 0 Å². The third kappa shape index (κ3) is 3.13. The summed E-state index contributed by atoms with van der Waals surface area (Å²) >= 11 is 12.6. The van der Waals surface area contributed by atoms with Gasteiger partial charge in [0.2, 0.25) is 0 Å². The normalized spacial score (nSPS) is 10.3. The van der Waals surface area contributed by atoms with Crippen molar-refractivity contribution in [3.8, 4) is 11.5 Å². The maximum Gasteiger partial charge on any atom is 0.287 e. The van der Waals surface area contributed by atoms with E-state index in [4.69, 9.17) is 16.3 Å². The van der Waals surface area contributed by atoms with Crippen molar-refractivity contribution in [2.75, 3.05) is 0 Å². The molecule has 0 N–H and O–H groups in total. The fourth-order valence-electron chi connectivity index (χ4n) is 1.60. The lowest BCUT2D eigenvalue weighted by Gasteiger charge is -2.12. The molecule has 2 aromatic rings. The molecule has 0 radical (unpaired) electrons. The molecular formula is C13H8Br2ClNO3. The van der Waals surface area contributed by atoms with Gasteiger partial charge >= 0.3 is 0 Å². The average Bonchev–Trinajstić information content (AvgIpc) is 2.41. The summed E-state index contributed by atoms with van der Waals surface area (Å²) in [5.74, 6) is 0.916. The molecule has 4 nitrogen and oxygen atoms in total. The number of hydrogen-bond acceptors (Lipinski definition) is 3. The van der Waals surface area contributed by atoms with Gasteiger partial charge in [-0.3, -0.25) is 10.1 Å². The molecule has 0 aliphatic carbocycles. The van der Waals surface area contributed by atoms with E-state index in [9.17, 15) is 10.1 Å². The molecule has 0 fully saturated rings. The first-order valence-corrected chi connectivity index (χ1v) is 7.78. The van der Waals surface area contributed by atoms with E-state index in [0.29, 0.717) is 26.3 Å². The molecular weight excluding hydrogens is 413 g/mol. The van der Waals surface area contributed by atoms with Crippen LogP contribution in [-0.2, 0) is 5.33 Å². The van der Waals surface area contributed by atoms with Crippen LogP contribution in [0.5, 0.6) is 11.5 Å². The van der Waals surface area contributed by atoms with Crippen molar-refractivity contribution >= 4 is 49.1 Å². The van der Waals surface area contributed by atoms with Crippen LogP contribution in [-0.4, -0.2) is 4.92 Å². The lowest BCUT2D eigenvalue weighted by atomic mass is 10.2. The Morgan fingerprint density at radius 2 is 1.85 bits per heavy atom. The Kier molecular flexibility index (Phi) is 5.01. The lowest BCUT2D eigenvalue weighted by Crippen LogP contribution is -1.94. The number of benzene rings is 2. The number of rotatable bonds is 4. The fraction of sp³-hybridized carbons (Fsp3) is 0.0769. The van der Waals surface area contributed by atoms with Crippen molar-refractivity contribution in [3.63, 3.8) is 0 Å². The summed E-state index contributed by atoms with van der Waals surface area (Å²) < 4.78 is 6.03. The predicted molar refractivity (Wildman–Crippen MR) is 85.0 cm³/mol. The minimum Gasteiger partial charge on any atom is -0.456 e. The van der Waals surface area contributed by atoms with E-state index in [-0.39, 0.29) is 5.69 Å². The van der Waals surface area contributed by atoms with E-state index in [1.54, 1.807) is 30.3 Å². The maximum atomic E-state index is 10.9. The van der Waals surface area contributed by atoms with Crippen LogP contribution in [0.4, 0.5) is 5.69 Å². The minimum absolute atomic E-state index is 0.0510. The number of hydrogen-bond donors (Lipinski definition) is 0. The number of alkyl halides is 1. The van der Waals surface area contributed by atoms with Crippen molar-refractivity contribution in [2.45, 2.75) is 5.33 Å². The summed E-state index contributed by atoms with van der Waals surface area (Å²) in [6, 6.07) is 9.89. The molecule has 0 bridgehead atoms. The maximum absolute atomic E-state index is 10.9. The second-order valence-electron chi connectivity index (χ2n) is 3.80. The first-order valence-electron chi connectivity index (χ1n) is 5.48. The lowest BCUT2D eigenvalue weighted by molar-refractivity contribution is -0.385. The molecule has 2 aromatic carbocycles. The van der Waals surface area contributed by atoms with Crippen LogP contribution in [0.2, 0.25) is 5.02 Å². The summed E-state index contributed by atoms with van der Waals surface area (Å²) in [4.78, 5) is 10.4. The molecule has 0 amide bonds. The molecule has 7 heteroatoms. The Labute approximate surface area is 137 Å². The quantitative estimate of drug-likeness (QED) is 0.362. The zero-order valence-corrected chi connectivity index (χ0v) is 13.9. The molecule has 0 saturated carbocycles. The van der Waals surface area contributed by atoms with Gasteiger partial charge in [0, 0.05) is 22.0 Å². The van der Waals surface area contributed by atoms with Gasteiger partial charge in [-0.1, -0.05) is 39.7 Å². The zero-order valence-electron chi connectivity index (χ0n) is 9.98. The van der Waals surface area contributed by atoms with Crippen LogP contribution in [0.25, 0.3) is 0 Å². The van der Waals surface area contributed by atoms with Crippen LogP contribution < -0.4 is 4.74 Å². The van der Waals surface area contributed by atoms with E-state index >= 15 is 0 Å². The fourth-order valence-corrected chi connectivity index (χ4v) is 3.06. The van der Waals surface area contributed by atoms with Crippen LogP contribution in [0.15, 0.2) is 40.9 Å². The summed E-state index contributed by atoms with van der Waals surface area (Å²) in [6.07, 6.45) is 0. The van der Waals surface area contributed by atoms with Gasteiger partial charge in [0.05, 0.1) is 4.92 Å². The van der Waals surface area contributed by atoms with Crippen LogP contribution in [0, 0.1) is 10.1 Å².